The van der Waals surface area contributed by atoms with E-state index >= 15 is 0 Å². The predicted molar refractivity (Wildman–Crippen MR) is 133 cm³/mol. The summed E-state index contributed by atoms with van der Waals surface area (Å²) in [5.74, 6) is 0.0715. The topological polar surface area (TPSA) is 144 Å². The number of hydrogen-bond acceptors (Lipinski definition) is 6. The van der Waals surface area contributed by atoms with E-state index in [2.05, 4.69) is 15.3 Å². The van der Waals surface area contributed by atoms with E-state index < -0.39 is 11.9 Å². The molecule has 0 saturated carbocycles. The molecule has 4 N–H and O–H groups in total. The summed E-state index contributed by atoms with van der Waals surface area (Å²) >= 11 is 0. The molecule has 3 amide bonds. The first-order valence-corrected chi connectivity index (χ1v) is 10.9. The molecule has 1 heterocycles. The second-order valence-corrected chi connectivity index (χ2v) is 7.89. The van der Waals surface area contributed by atoms with E-state index in [0.29, 0.717) is 28.1 Å². The van der Waals surface area contributed by atoms with Crippen LogP contribution in [0.1, 0.15) is 10.4 Å². The molecule has 0 fully saturated rings. The van der Waals surface area contributed by atoms with Gasteiger partial charge < -0.3 is 14.6 Å². The zero-order valence-corrected chi connectivity index (χ0v) is 19.3. The normalized spacial score (nSPS) is 10.9. The Morgan fingerprint density at radius 1 is 0.917 bits per heavy atom. The van der Waals surface area contributed by atoms with Gasteiger partial charge in [0.15, 0.2) is 0 Å². The largest absolute Gasteiger partial charge is 0.506 e. The number of anilines is 1. The average molecular weight is 483 g/mol. The van der Waals surface area contributed by atoms with Crippen LogP contribution in [0.4, 0.5) is 10.5 Å². The monoisotopic (exact) mass is 483 g/mol. The van der Waals surface area contributed by atoms with Gasteiger partial charge in [-0.05, 0) is 42.5 Å². The highest BCUT2D eigenvalue weighted by Gasteiger charge is 2.32. The first kappa shape index (κ1) is 22.7. The maximum absolute atomic E-state index is 13.6. The van der Waals surface area contributed by atoms with Crippen LogP contribution < -0.4 is 14.4 Å². The summed E-state index contributed by atoms with van der Waals surface area (Å²) < 4.78 is 10.5. The van der Waals surface area contributed by atoms with Gasteiger partial charge in [-0.3, -0.25) is 15.0 Å². The number of carbonyl (C=O) groups excluding carboxylic acids is 2. The smallest absolute Gasteiger partial charge is 0.373 e. The van der Waals surface area contributed by atoms with Crippen LogP contribution in [0.2, 0.25) is 0 Å². The van der Waals surface area contributed by atoms with Crippen LogP contribution in [0, 0.1) is 5.53 Å². The molecule has 0 radical (unpaired) electrons. The number of urea groups is 1. The number of methoxy groups -OCH3 is 2. The quantitative estimate of drug-likeness (QED) is 0.234. The highest BCUT2D eigenvalue weighted by molar-refractivity contribution is 6.27. The number of para-hydroxylation sites is 1. The Labute approximate surface area is 204 Å². The summed E-state index contributed by atoms with van der Waals surface area (Å²) in [6.45, 7) is 0. The maximum atomic E-state index is 13.6. The first-order chi connectivity index (χ1) is 17.5. The number of aromatic amines is 2. The van der Waals surface area contributed by atoms with E-state index in [1.807, 2.05) is 12.1 Å². The number of hydrogen-bond donors (Lipinski definition) is 4. The number of nitrogens with one attached hydrogen (secondary N) is 3. The Balaban J connectivity index is 1.72. The number of carbonyl (C=O) groups is 2. The highest BCUT2D eigenvalue weighted by Crippen LogP contribution is 2.51. The van der Waals surface area contributed by atoms with E-state index in [1.54, 1.807) is 49.6 Å². The summed E-state index contributed by atoms with van der Waals surface area (Å²) in [7, 11) is 2.99. The number of fused-ring (bicyclic) bond motifs is 3. The zero-order valence-electron chi connectivity index (χ0n) is 19.3. The lowest BCUT2D eigenvalue weighted by Crippen LogP contribution is -2.35. The molecular formula is C26H21N5O5. The van der Waals surface area contributed by atoms with Crippen molar-refractivity contribution in [2.24, 2.45) is 5.11 Å². The molecule has 10 heteroatoms. The van der Waals surface area contributed by atoms with Crippen molar-refractivity contribution in [3.05, 3.63) is 72.3 Å². The number of rotatable bonds is 5. The number of aromatic hydroxyl groups is 1. The molecule has 3 aromatic carbocycles. The number of amides is 3. The first-order valence-electron chi connectivity index (χ1n) is 10.9. The van der Waals surface area contributed by atoms with Crippen LogP contribution in [-0.2, 0) is 0 Å². The molecule has 36 heavy (non-hydrogen) atoms. The summed E-state index contributed by atoms with van der Waals surface area (Å²) in [6.07, 6.45) is 0. The van der Waals surface area contributed by atoms with Crippen molar-refractivity contribution in [2.75, 3.05) is 19.1 Å². The van der Waals surface area contributed by atoms with Gasteiger partial charge >= 0.3 is 6.03 Å². The van der Waals surface area contributed by atoms with Crippen LogP contribution in [0.5, 0.6) is 17.2 Å². The number of nitrogens with zero attached hydrogens (tertiary/aromatic N) is 2. The molecule has 3 aromatic rings. The zero-order chi connectivity index (χ0) is 25.4. The van der Waals surface area contributed by atoms with Crippen LogP contribution in [0.15, 0.2) is 71.8 Å². The second kappa shape index (κ2) is 8.91. The molecule has 0 atom stereocenters. The summed E-state index contributed by atoms with van der Waals surface area (Å²) in [4.78, 5) is 27.1. The Bertz CT molecular complexity index is 1580. The summed E-state index contributed by atoms with van der Waals surface area (Å²) in [5, 5.41) is 21.4. The van der Waals surface area contributed by atoms with E-state index in [4.69, 9.17) is 15.0 Å². The lowest BCUT2D eigenvalue weighted by Gasteiger charge is -2.20. The van der Waals surface area contributed by atoms with Gasteiger partial charge in [-0.15, -0.1) is 0 Å². The van der Waals surface area contributed by atoms with Gasteiger partial charge in [-0.1, -0.05) is 29.4 Å². The predicted octanol–water partition coefficient (Wildman–Crippen LogP) is 5.79. The molecule has 2 aliphatic rings. The minimum atomic E-state index is -1.11. The lowest BCUT2D eigenvalue weighted by molar-refractivity contribution is 0.0992. The van der Waals surface area contributed by atoms with E-state index in [0.717, 1.165) is 10.5 Å². The van der Waals surface area contributed by atoms with E-state index in [9.17, 15) is 14.7 Å². The molecule has 0 bridgehead atoms. The van der Waals surface area contributed by atoms with Crippen molar-refractivity contribution in [3.8, 4) is 39.8 Å². The summed E-state index contributed by atoms with van der Waals surface area (Å²) in [5.41, 5.74) is 10.0. The minimum Gasteiger partial charge on any atom is -0.506 e. The standard InChI is InChI=1S/C26H21N5O5/c1-35-15-12-10-14(11-13-15)22-21-23(30-29-22)17-7-5-8-18(20(17)24(21)32)31(26(34)28-27)25(33)16-6-3-4-9-19(16)36-2/h3-13,27,29-30,32H,1-2H3. The van der Waals surface area contributed by atoms with Gasteiger partial charge in [0.1, 0.15) is 17.2 Å². The van der Waals surface area contributed by atoms with Gasteiger partial charge in [0, 0.05) is 10.9 Å². The van der Waals surface area contributed by atoms with E-state index in [-0.39, 0.29) is 28.1 Å². The van der Waals surface area contributed by atoms with Gasteiger partial charge in [0.25, 0.3) is 5.91 Å². The van der Waals surface area contributed by atoms with Crippen molar-refractivity contribution in [1.82, 2.24) is 10.2 Å². The fraction of sp³-hybridized carbons (Fsp3) is 0.0769. The number of benzene rings is 3. The molecule has 1 aliphatic carbocycles. The van der Waals surface area contributed by atoms with Crippen molar-refractivity contribution < 1.29 is 24.2 Å². The third-order valence-electron chi connectivity index (χ3n) is 6.04. The third kappa shape index (κ3) is 3.43. The number of H-pyrrole nitrogens is 2. The SMILES string of the molecule is COc1ccc(-c2[nH][nH]c3c4cccc(N(C(=O)N=N)C(=O)c5ccccc5OC)c4c(O)c2-3)cc1. The Morgan fingerprint density at radius 3 is 2.33 bits per heavy atom. The molecular weight excluding hydrogens is 462 g/mol. The molecule has 0 unspecified atom stereocenters. The third-order valence-corrected chi connectivity index (χ3v) is 6.04. The average Bonchev–Trinajstić information content (AvgIpc) is 3.48. The lowest BCUT2D eigenvalue weighted by atomic mass is 10.1. The van der Waals surface area contributed by atoms with Crippen molar-refractivity contribution in [3.63, 3.8) is 0 Å². The molecule has 0 saturated heterocycles. The van der Waals surface area contributed by atoms with Crippen LogP contribution in [0.3, 0.4) is 0 Å². The Hall–Kier alpha value is -5.12. The van der Waals surface area contributed by atoms with Gasteiger partial charge in [-0.2, -0.15) is 5.53 Å². The second-order valence-electron chi connectivity index (χ2n) is 7.89. The number of imide groups is 1. The van der Waals surface area contributed by atoms with Gasteiger partial charge in [0.2, 0.25) is 0 Å². The van der Waals surface area contributed by atoms with Crippen LogP contribution in [0.25, 0.3) is 33.3 Å². The highest BCUT2D eigenvalue weighted by atomic mass is 16.5. The number of ether oxygens (including phenoxy) is 2. The molecule has 1 aliphatic heterocycles. The van der Waals surface area contributed by atoms with Crippen LogP contribution >= 0.6 is 0 Å². The number of aromatic nitrogens is 2. The summed E-state index contributed by atoms with van der Waals surface area (Å²) in [6, 6.07) is 17.6. The van der Waals surface area contributed by atoms with E-state index in [1.165, 1.54) is 19.2 Å². The Kier molecular flexibility index (Phi) is 5.61. The van der Waals surface area contributed by atoms with Gasteiger partial charge in [0.05, 0.1) is 47.8 Å². The molecule has 0 spiro atoms. The maximum Gasteiger partial charge on any atom is 0.373 e. The fourth-order valence-corrected chi connectivity index (χ4v) is 4.39. The van der Waals surface area contributed by atoms with Crippen molar-refractivity contribution in [1.29, 1.82) is 5.53 Å². The van der Waals surface area contributed by atoms with Crippen LogP contribution in [-0.4, -0.2) is 41.5 Å². The Morgan fingerprint density at radius 2 is 1.64 bits per heavy atom. The molecule has 180 valence electrons. The molecule has 0 aromatic heterocycles. The molecule has 10 nitrogen and oxygen atoms in total. The fourth-order valence-electron chi connectivity index (χ4n) is 4.39. The van der Waals surface area contributed by atoms with Crippen molar-refractivity contribution in [2.45, 2.75) is 0 Å². The van der Waals surface area contributed by atoms with Crippen molar-refractivity contribution >= 4 is 28.4 Å². The van der Waals surface area contributed by atoms with Gasteiger partial charge in [-0.25, -0.2) is 9.69 Å². The minimum absolute atomic E-state index is 0.0900. The molecule has 5 rings (SSSR count).